The summed E-state index contributed by atoms with van der Waals surface area (Å²) in [6.45, 7) is 0. The van der Waals surface area contributed by atoms with Gasteiger partial charge in [0, 0.05) is 0 Å². The quantitative estimate of drug-likeness (QED) is 0.629. The molecule has 13 heavy (non-hydrogen) atoms. The highest BCUT2D eigenvalue weighted by Gasteiger charge is 2.09. The second-order valence-corrected chi connectivity index (χ2v) is 2.96. The topological polar surface area (TPSA) is 54.4 Å². The van der Waals surface area contributed by atoms with Crippen LogP contribution in [0.4, 0.5) is 0 Å². The maximum atomic E-state index is 11.2. The van der Waals surface area contributed by atoms with Gasteiger partial charge >= 0.3 is 0 Å². The Morgan fingerprint density at radius 2 is 2.00 bits per heavy atom. The first-order valence-electron chi connectivity index (χ1n) is 3.58. The number of aromatic hydroxyl groups is 1. The smallest absolute Gasteiger partial charge is 0.220 e. The van der Waals surface area contributed by atoms with Crippen molar-refractivity contribution in [2.75, 3.05) is 5.33 Å². The van der Waals surface area contributed by atoms with E-state index in [9.17, 15) is 14.7 Å². The Morgan fingerprint density at radius 3 is 2.62 bits per heavy atom. The summed E-state index contributed by atoms with van der Waals surface area (Å²) in [4.78, 5) is 22.2. The molecule has 0 radical (unpaired) electrons. The van der Waals surface area contributed by atoms with Crippen molar-refractivity contribution in [3.05, 3.63) is 40.1 Å². The van der Waals surface area contributed by atoms with Crippen molar-refractivity contribution in [2.24, 2.45) is 0 Å². The number of halogens is 1. The van der Waals surface area contributed by atoms with Gasteiger partial charge in [0.2, 0.25) is 5.43 Å². The van der Waals surface area contributed by atoms with Crippen molar-refractivity contribution in [2.45, 2.75) is 0 Å². The summed E-state index contributed by atoms with van der Waals surface area (Å²) < 4.78 is 0. The van der Waals surface area contributed by atoms with E-state index in [-0.39, 0.29) is 16.7 Å². The standard InChI is InChI=1S/C9H7BrO3/c10-5-8(12)6-3-1-2-4-7(11)9(6)13/h1-4H,5H2,(H,11,13). The van der Waals surface area contributed by atoms with Crippen LogP contribution in [0.2, 0.25) is 0 Å². The molecule has 68 valence electrons. The summed E-state index contributed by atoms with van der Waals surface area (Å²) in [5.41, 5.74) is -0.499. The molecule has 0 unspecified atom stereocenters. The van der Waals surface area contributed by atoms with Crippen LogP contribution in [-0.4, -0.2) is 16.2 Å². The van der Waals surface area contributed by atoms with Crippen molar-refractivity contribution in [3.8, 4) is 5.75 Å². The van der Waals surface area contributed by atoms with E-state index in [0.717, 1.165) is 0 Å². The highest BCUT2D eigenvalue weighted by Crippen LogP contribution is 2.11. The number of carbonyl (C=O) groups excluding carboxylic acids is 1. The molecule has 1 rings (SSSR count). The van der Waals surface area contributed by atoms with E-state index in [1.54, 1.807) is 0 Å². The average Bonchev–Trinajstić information content (AvgIpc) is 2.29. The van der Waals surface area contributed by atoms with Gasteiger partial charge in [0.1, 0.15) is 0 Å². The van der Waals surface area contributed by atoms with Crippen LogP contribution >= 0.6 is 15.9 Å². The first-order valence-corrected chi connectivity index (χ1v) is 4.70. The van der Waals surface area contributed by atoms with Crippen LogP contribution in [0.3, 0.4) is 0 Å². The molecule has 0 heterocycles. The molecule has 0 aliphatic heterocycles. The molecule has 1 aromatic carbocycles. The SMILES string of the molecule is O=C(CBr)c1ccccc(=O)c1O. The van der Waals surface area contributed by atoms with Crippen LogP contribution in [0.1, 0.15) is 10.4 Å². The monoisotopic (exact) mass is 242 g/mol. The molecule has 0 atom stereocenters. The number of ketones is 1. The highest BCUT2D eigenvalue weighted by atomic mass is 79.9. The van der Waals surface area contributed by atoms with Crippen molar-refractivity contribution >= 4 is 21.7 Å². The number of rotatable bonds is 2. The van der Waals surface area contributed by atoms with E-state index < -0.39 is 11.2 Å². The van der Waals surface area contributed by atoms with Gasteiger partial charge in [-0.15, -0.1) is 0 Å². The zero-order valence-corrected chi connectivity index (χ0v) is 8.24. The summed E-state index contributed by atoms with van der Waals surface area (Å²) in [7, 11) is 0. The molecule has 0 saturated heterocycles. The molecule has 1 N–H and O–H groups in total. The Balaban J connectivity index is 3.40. The molecule has 4 heteroatoms. The van der Waals surface area contributed by atoms with Gasteiger partial charge in [-0.25, -0.2) is 0 Å². The van der Waals surface area contributed by atoms with Gasteiger partial charge in [0.15, 0.2) is 11.5 Å². The van der Waals surface area contributed by atoms with Crippen molar-refractivity contribution in [3.63, 3.8) is 0 Å². The third-order valence-electron chi connectivity index (χ3n) is 1.53. The lowest BCUT2D eigenvalue weighted by Crippen LogP contribution is -2.04. The molecule has 3 nitrogen and oxygen atoms in total. The number of carbonyl (C=O) groups is 1. The molecule has 0 aromatic heterocycles. The zero-order valence-electron chi connectivity index (χ0n) is 6.66. The number of alkyl halides is 1. The summed E-state index contributed by atoms with van der Waals surface area (Å²) in [5, 5.41) is 9.39. The van der Waals surface area contributed by atoms with Gasteiger partial charge in [-0.2, -0.15) is 0 Å². The van der Waals surface area contributed by atoms with Crippen LogP contribution < -0.4 is 5.43 Å². The second-order valence-electron chi connectivity index (χ2n) is 2.40. The van der Waals surface area contributed by atoms with Crippen molar-refractivity contribution < 1.29 is 9.90 Å². The molecule has 0 fully saturated rings. The Bertz CT molecular complexity index is 387. The summed E-state index contributed by atoms with van der Waals surface area (Å²) >= 11 is 2.96. The first-order chi connectivity index (χ1) is 6.16. The minimum absolute atomic E-state index is 0.0480. The van der Waals surface area contributed by atoms with E-state index in [4.69, 9.17) is 0 Å². The summed E-state index contributed by atoms with van der Waals surface area (Å²) in [6.07, 6.45) is 0. The maximum absolute atomic E-state index is 11.2. The van der Waals surface area contributed by atoms with Crippen LogP contribution in [0.15, 0.2) is 29.1 Å². The Labute approximate surface area is 83.2 Å². The van der Waals surface area contributed by atoms with E-state index >= 15 is 0 Å². The van der Waals surface area contributed by atoms with E-state index in [2.05, 4.69) is 15.9 Å². The number of hydrogen-bond donors (Lipinski definition) is 1. The fourth-order valence-electron chi connectivity index (χ4n) is 0.882. The van der Waals surface area contributed by atoms with Crippen LogP contribution in [-0.2, 0) is 0 Å². The van der Waals surface area contributed by atoms with Crippen molar-refractivity contribution in [1.29, 1.82) is 0 Å². The highest BCUT2D eigenvalue weighted by molar-refractivity contribution is 9.09. The lowest BCUT2D eigenvalue weighted by atomic mass is 10.2. The molecule has 0 bridgehead atoms. The Hall–Kier alpha value is -1.16. The second kappa shape index (κ2) is 4.18. The molecule has 0 saturated carbocycles. The van der Waals surface area contributed by atoms with Gasteiger partial charge in [0.25, 0.3) is 0 Å². The third-order valence-corrected chi connectivity index (χ3v) is 2.04. The molecule has 0 amide bonds. The van der Waals surface area contributed by atoms with Gasteiger partial charge in [-0.1, -0.05) is 28.1 Å². The van der Waals surface area contributed by atoms with Crippen LogP contribution in [0.5, 0.6) is 5.75 Å². The van der Waals surface area contributed by atoms with Crippen LogP contribution in [0, 0.1) is 0 Å². The molecule has 1 aromatic rings. The fraction of sp³-hybridized carbons (Fsp3) is 0.111. The summed E-state index contributed by atoms with van der Waals surface area (Å²) in [5.74, 6) is -0.805. The first kappa shape index (κ1) is 9.92. The van der Waals surface area contributed by atoms with E-state index in [1.165, 1.54) is 24.3 Å². The van der Waals surface area contributed by atoms with Gasteiger partial charge < -0.3 is 5.11 Å². The van der Waals surface area contributed by atoms with Gasteiger partial charge in [0.05, 0.1) is 10.9 Å². The minimum Gasteiger partial charge on any atom is -0.504 e. The molecule has 0 aliphatic carbocycles. The normalized spacial score (nSPS) is 9.62. The number of Topliss-reactive ketones (excluding diaryl/α,β-unsaturated/α-hetero) is 1. The predicted molar refractivity (Wildman–Crippen MR) is 52.5 cm³/mol. The Morgan fingerprint density at radius 1 is 1.38 bits per heavy atom. The minimum atomic E-state index is -0.547. The maximum Gasteiger partial charge on any atom is 0.220 e. The molecular weight excluding hydrogens is 236 g/mol. The lowest BCUT2D eigenvalue weighted by molar-refractivity contribution is 0.102. The van der Waals surface area contributed by atoms with Crippen molar-refractivity contribution in [1.82, 2.24) is 0 Å². The van der Waals surface area contributed by atoms with E-state index in [1.807, 2.05) is 0 Å². The average molecular weight is 243 g/mol. The fourth-order valence-corrected chi connectivity index (χ4v) is 1.18. The van der Waals surface area contributed by atoms with Gasteiger partial charge in [-0.05, 0) is 12.1 Å². The number of hydrogen-bond acceptors (Lipinski definition) is 3. The molecule has 0 spiro atoms. The zero-order chi connectivity index (χ0) is 9.84. The van der Waals surface area contributed by atoms with E-state index in [0.29, 0.717) is 0 Å². The van der Waals surface area contributed by atoms with Crippen LogP contribution in [0.25, 0.3) is 0 Å². The van der Waals surface area contributed by atoms with Gasteiger partial charge in [-0.3, -0.25) is 9.59 Å². The lowest BCUT2D eigenvalue weighted by Gasteiger charge is -1.94. The Kier molecular flexibility index (Phi) is 3.19. The largest absolute Gasteiger partial charge is 0.504 e. The predicted octanol–water partition coefficient (Wildman–Crippen LogP) is 1.33. The third kappa shape index (κ3) is 2.15. The molecular formula is C9H7BrO3. The summed E-state index contributed by atoms with van der Waals surface area (Å²) in [6, 6.07) is 5.64. The molecule has 0 aliphatic rings.